The molecule has 1 N–H and O–H groups in total. The van der Waals surface area contributed by atoms with E-state index >= 15 is 0 Å². The van der Waals surface area contributed by atoms with Gasteiger partial charge in [-0.3, -0.25) is 19.7 Å². The molecule has 0 atom stereocenters. The molecule has 0 aliphatic heterocycles. The number of amides is 1. The van der Waals surface area contributed by atoms with Gasteiger partial charge in [0.15, 0.2) is 0 Å². The van der Waals surface area contributed by atoms with E-state index in [0.29, 0.717) is 0 Å². The molecule has 96 valence electrons. The first kappa shape index (κ1) is 13.6. The highest BCUT2D eigenvalue weighted by Crippen LogP contribution is 2.14. The van der Waals surface area contributed by atoms with Crippen LogP contribution >= 0.6 is 0 Å². The number of aliphatic carboxylic acids is 1. The molecule has 0 bridgehead atoms. The SMILES string of the molecule is CN(CCC(=O)O)C(=O)c1cccc([N+](=O)[O-])c1. The number of carboxylic acids is 1. The number of nitro benzene ring substituents is 1. The van der Waals surface area contributed by atoms with Gasteiger partial charge in [-0.05, 0) is 6.07 Å². The summed E-state index contributed by atoms with van der Waals surface area (Å²) in [7, 11) is 1.45. The highest BCUT2D eigenvalue weighted by Gasteiger charge is 2.15. The number of nitrogens with zero attached hydrogens (tertiary/aromatic N) is 2. The van der Waals surface area contributed by atoms with E-state index in [1.807, 2.05) is 0 Å². The zero-order chi connectivity index (χ0) is 13.7. The van der Waals surface area contributed by atoms with Gasteiger partial charge in [-0.2, -0.15) is 0 Å². The van der Waals surface area contributed by atoms with Crippen molar-refractivity contribution in [1.82, 2.24) is 4.90 Å². The summed E-state index contributed by atoms with van der Waals surface area (Å²) in [5.74, 6) is -1.45. The third kappa shape index (κ3) is 3.55. The Morgan fingerprint density at radius 1 is 1.44 bits per heavy atom. The second-order valence-corrected chi connectivity index (χ2v) is 3.68. The third-order valence-electron chi connectivity index (χ3n) is 2.31. The number of rotatable bonds is 5. The Morgan fingerprint density at radius 3 is 2.67 bits per heavy atom. The minimum atomic E-state index is -1.01. The van der Waals surface area contributed by atoms with E-state index in [4.69, 9.17) is 5.11 Å². The summed E-state index contributed by atoms with van der Waals surface area (Å²) in [6.45, 7) is 0.0524. The van der Waals surface area contributed by atoms with Gasteiger partial charge in [0.05, 0.1) is 11.3 Å². The molecule has 1 amide bonds. The molecule has 7 heteroatoms. The van der Waals surface area contributed by atoms with Crippen LogP contribution < -0.4 is 0 Å². The van der Waals surface area contributed by atoms with Crippen molar-refractivity contribution in [3.8, 4) is 0 Å². The van der Waals surface area contributed by atoms with Crippen LogP contribution in [-0.2, 0) is 4.79 Å². The van der Waals surface area contributed by atoms with Crippen molar-refractivity contribution in [2.75, 3.05) is 13.6 Å². The third-order valence-corrected chi connectivity index (χ3v) is 2.31. The van der Waals surface area contributed by atoms with Crippen LogP contribution in [0.5, 0.6) is 0 Å². The average Bonchev–Trinajstić information content (AvgIpc) is 2.35. The quantitative estimate of drug-likeness (QED) is 0.625. The monoisotopic (exact) mass is 252 g/mol. The van der Waals surface area contributed by atoms with E-state index in [-0.39, 0.29) is 24.2 Å². The highest BCUT2D eigenvalue weighted by molar-refractivity contribution is 5.94. The molecule has 0 heterocycles. The topological polar surface area (TPSA) is 101 Å². The predicted octanol–water partition coefficient (Wildman–Crippen LogP) is 1.14. The first-order valence-electron chi connectivity index (χ1n) is 5.13. The zero-order valence-electron chi connectivity index (χ0n) is 9.70. The molecule has 0 aliphatic rings. The largest absolute Gasteiger partial charge is 0.481 e. The Morgan fingerprint density at radius 2 is 2.11 bits per heavy atom. The van der Waals surface area contributed by atoms with Crippen molar-refractivity contribution in [2.24, 2.45) is 0 Å². The van der Waals surface area contributed by atoms with Gasteiger partial charge in [-0.1, -0.05) is 6.07 Å². The number of carboxylic acid groups (broad SMARTS) is 1. The van der Waals surface area contributed by atoms with E-state index in [2.05, 4.69) is 0 Å². The van der Waals surface area contributed by atoms with Crippen molar-refractivity contribution in [3.05, 3.63) is 39.9 Å². The van der Waals surface area contributed by atoms with Crippen molar-refractivity contribution in [2.45, 2.75) is 6.42 Å². The molecule has 0 unspecified atom stereocenters. The lowest BCUT2D eigenvalue weighted by atomic mass is 10.2. The number of nitro groups is 1. The van der Waals surface area contributed by atoms with Crippen LogP contribution in [0, 0.1) is 10.1 Å². The summed E-state index contributed by atoms with van der Waals surface area (Å²) < 4.78 is 0. The summed E-state index contributed by atoms with van der Waals surface area (Å²) in [5, 5.41) is 19.1. The number of carbonyl (C=O) groups is 2. The maximum Gasteiger partial charge on any atom is 0.305 e. The van der Waals surface area contributed by atoms with Crippen molar-refractivity contribution in [1.29, 1.82) is 0 Å². The fourth-order valence-electron chi connectivity index (χ4n) is 1.34. The van der Waals surface area contributed by atoms with E-state index in [1.54, 1.807) is 0 Å². The number of non-ortho nitro benzene ring substituents is 1. The maximum absolute atomic E-state index is 11.8. The van der Waals surface area contributed by atoms with Crippen LogP contribution in [0.3, 0.4) is 0 Å². The van der Waals surface area contributed by atoms with Gasteiger partial charge in [-0.25, -0.2) is 0 Å². The fraction of sp³-hybridized carbons (Fsp3) is 0.273. The van der Waals surface area contributed by atoms with Gasteiger partial charge in [0, 0.05) is 31.3 Å². The van der Waals surface area contributed by atoms with Crippen LogP contribution in [0.25, 0.3) is 0 Å². The van der Waals surface area contributed by atoms with E-state index in [1.165, 1.54) is 36.2 Å². The average molecular weight is 252 g/mol. The molecule has 0 saturated heterocycles. The summed E-state index contributed by atoms with van der Waals surface area (Å²) in [6.07, 6.45) is -0.169. The summed E-state index contributed by atoms with van der Waals surface area (Å²) in [4.78, 5) is 33.4. The molecule has 1 rings (SSSR count). The van der Waals surface area contributed by atoms with Gasteiger partial charge < -0.3 is 10.0 Å². The number of hydrogen-bond acceptors (Lipinski definition) is 4. The molecular formula is C11H12N2O5. The van der Waals surface area contributed by atoms with Crippen LogP contribution in [-0.4, -0.2) is 40.4 Å². The lowest BCUT2D eigenvalue weighted by Gasteiger charge is -2.15. The van der Waals surface area contributed by atoms with Gasteiger partial charge in [0.2, 0.25) is 0 Å². The summed E-state index contributed by atoms with van der Waals surface area (Å²) in [6, 6.07) is 5.32. The van der Waals surface area contributed by atoms with Crippen molar-refractivity contribution >= 4 is 17.6 Å². The fourth-order valence-corrected chi connectivity index (χ4v) is 1.34. The molecule has 0 radical (unpaired) electrons. The molecular weight excluding hydrogens is 240 g/mol. The van der Waals surface area contributed by atoms with Gasteiger partial charge in [0.25, 0.3) is 11.6 Å². The minimum absolute atomic E-state index is 0.0524. The van der Waals surface area contributed by atoms with E-state index in [9.17, 15) is 19.7 Å². The Kier molecular flexibility index (Phi) is 4.36. The first-order chi connectivity index (χ1) is 8.41. The molecule has 0 aliphatic carbocycles. The molecule has 1 aromatic carbocycles. The molecule has 0 saturated carbocycles. The van der Waals surface area contributed by atoms with Gasteiger partial charge in [-0.15, -0.1) is 0 Å². The summed E-state index contributed by atoms with van der Waals surface area (Å²) in [5.41, 5.74) is -0.00965. The Labute approximate surface area is 103 Å². The van der Waals surface area contributed by atoms with E-state index < -0.39 is 16.8 Å². The molecule has 0 spiro atoms. The first-order valence-corrected chi connectivity index (χ1v) is 5.13. The molecule has 18 heavy (non-hydrogen) atoms. The molecule has 1 aromatic rings. The second kappa shape index (κ2) is 5.76. The Balaban J connectivity index is 2.80. The zero-order valence-corrected chi connectivity index (χ0v) is 9.70. The lowest BCUT2D eigenvalue weighted by molar-refractivity contribution is -0.384. The smallest absolute Gasteiger partial charge is 0.305 e. The molecule has 0 aromatic heterocycles. The standard InChI is InChI=1S/C11H12N2O5/c1-12(6-5-10(14)15)11(16)8-3-2-4-9(7-8)13(17)18/h2-4,7H,5-6H2,1H3,(H,14,15). The number of hydrogen-bond donors (Lipinski definition) is 1. The van der Waals surface area contributed by atoms with Crippen LogP contribution in [0.2, 0.25) is 0 Å². The van der Waals surface area contributed by atoms with Crippen molar-refractivity contribution in [3.63, 3.8) is 0 Å². The van der Waals surface area contributed by atoms with Crippen LogP contribution in [0.4, 0.5) is 5.69 Å². The number of benzene rings is 1. The summed E-state index contributed by atoms with van der Waals surface area (Å²) >= 11 is 0. The minimum Gasteiger partial charge on any atom is -0.481 e. The van der Waals surface area contributed by atoms with E-state index in [0.717, 1.165) is 0 Å². The molecule has 7 nitrogen and oxygen atoms in total. The Hall–Kier alpha value is -2.44. The maximum atomic E-state index is 11.8. The second-order valence-electron chi connectivity index (χ2n) is 3.68. The van der Waals surface area contributed by atoms with Crippen molar-refractivity contribution < 1.29 is 19.6 Å². The van der Waals surface area contributed by atoms with Gasteiger partial charge in [0.1, 0.15) is 0 Å². The van der Waals surface area contributed by atoms with Crippen LogP contribution in [0.1, 0.15) is 16.8 Å². The van der Waals surface area contributed by atoms with Gasteiger partial charge >= 0.3 is 5.97 Å². The normalized spacial score (nSPS) is 9.83. The highest BCUT2D eigenvalue weighted by atomic mass is 16.6. The predicted molar refractivity (Wildman–Crippen MR) is 62.3 cm³/mol. The molecule has 0 fully saturated rings. The lowest BCUT2D eigenvalue weighted by Crippen LogP contribution is -2.29. The Bertz CT molecular complexity index is 486. The number of carbonyl (C=O) groups excluding carboxylic acids is 1. The van der Waals surface area contributed by atoms with Crippen LogP contribution in [0.15, 0.2) is 24.3 Å².